The molecule has 0 unspecified atom stereocenters. The number of benzene rings is 1. The number of aliphatic hydroxyl groups is 1. The lowest BCUT2D eigenvalue weighted by Crippen LogP contribution is -2.14. The lowest BCUT2D eigenvalue weighted by Gasteiger charge is -2.11. The number of rotatable bonds is 3. The van der Waals surface area contributed by atoms with Gasteiger partial charge in [-0.1, -0.05) is 11.6 Å². The normalized spacial score (nSPS) is 11.4. The van der Waals surface area contributed by atoms with Gasteiger partial charge in [-0.25, -0.2) is 0 Å². The van der Waals surface area contributed by atoms with Crippen molar-refractivity contribution in [1.82, 2.24) is 0 Å². The third-order valence-corrected chi connectivity index (χ3v) is 2.24. The number of anilines is 1. The van der Waals surface area contributed by atoms with Gasteiger partial charge in [-0.2, -0.15) is 13.2 Å². The molecule has 7 heteroatoms. The highest BCUT2D eigenvalue weighted by Gasteiger charge is 2.31. The Balaban J connectivity index is 2.95. The van der Waals surface area contributed by atoms with Gasteiger partial charge in [0.05, 0.1) is 29.3 Å². The van der Waals surface area contributed by atoms with Gasteiger partial charge in [-0.3, -0.25) is 4.79 Å². The van der Waals surface area contributed by atoms with E-state index in [4.69, 9.17) is 16.7 Å². The average molecular weight is 268 g/mol. The minimum atomic E-state index is -4.50. The van der Waals surface area contributed by atoms with Gasteiger partial charge in [-0.15, -0.1) is 0 Å². The van der Waals surface area contributed by atoms with Gasteiger partial charge in [0.15, 0.2) is 0 Å². The maximum atomic E-state index is 12.4. The fourth-order valence-corrected chi connectivity index (χ4v) is 1.28. The van der Waals surface area contributed by atoms with E-state index in [0.717, 1.165) is 18.2 Å². The number of halogens is 4. The predicted molar refractivity (Wildman–Crippen MR) is 56.8 cm³/mol. The summed E-state index contributed by atoms with van der Waals surface area (Å²) in [6, 6.07) is 2.63. The van der Waals surface area contributed by atoms with Crippen molar-refractivity contribution in [1.29, 1.82) is 0 Å². The van der Waals surface area contributed by atoms with E-state index < -0.39 is 17.6 Å². The summed E-state index contributed by atoms with van der Waals surface area (Å²) in [4.78, 5) is 11.1. The van der Waals surface area contributed by atoms with E-state index in [0.29, 0.717) is 0 Å². The van der Waals surface area contributed by atoms with Crippen molar-refractivity contribution in [2.75, 3.05) is 11.9 Å². The van der Waals surface area contributed by atoms with Gasteiger partial charge in [-0.05, 0) is 18.2 Å². The van der Waals surface area contributed by atoms with E-state index in [9.17, 15) is 18.0 Å². The van der Waals surface area contributed by atoms with Gasteiger partial charge >= 0.3 is 6.18 Å². The first-order chi connectivity index (χ1) is 7.84. The largest absolute Gasteiger partial charge is 0.416 e. The van der Waals surface area contributed by atoms with Crippen LogP contribution in [0.1, 0.15) is 12.0 Å². The molecule has 0 saturated carbocycles. The topological polar surface area (TPSA) is 49.3 Å². The first kappa shape index (κ1) is 13.8. The van der Waals surface area contributed by atoms with Crippen molar-refractivity contribution in [2.24, 2.45) is 0 Å². The van der Waals surface area contributed by atoms with Crippen LogP contribution >= 0.6 is 11.6 Å². The number of alkyl halides is 3. The van der Waals surface area contributed by atoms with Crippen molar-refractivity contribution < 1.29 is 23.1 Å². The molecule has 0 aliphatic carbocycles. The smallest absolute Gasteiger partial charge is 0.396 e. The Bertz CT molecular complexity index is 421. The Labute approximate surface area is 100 Å². The van der Waals surface area contributed by atoms with E-state index in [1.54, 1.807) is 0 Å². The Hall–Kier alpha value is -1.27. The molecule has 2 N–H and O–H groups in total. The second kappa shape index (κ2) is 5.37. The molecule has 0 fully saturated rings. The van der Waals surface area contributed by atoms with Crippen LogP contribution in [0.15, 0.2) is 18.2 Å². The fourth-order valence-electron chi connectivity index (χ4n) is 1.11. The molecule has 1 aromatic rings. The molecule has 0 saturated heterocycles. The summed E-state index contributed by atoms with van der Waals surface area (Å²) in [7, 11) is 0. The predicted octanol–water partition coefficient (Wildman–Crippen LogP) is 2.68. The molecule has 1 amide bonds. The molecule has 1 rings (SSSR count). The maximum absolute atomic E-state index is 12.4. The van der Waals surface area contributed by atoms with E-state index in [1.807, 2.05) is 0 Å². The van der Waals surface area contributed by atoms with Crippen molar-refractivity contribution in [3.05, 3.63) is 28.8 Å². The standard InChI is InChI=1S/C10H9ClF3NO2/c11-7-2-1-6(10(12,13)14)5-8(7)15-9(17)3-4-16/h1-2,5,16H,3-4H2,(H,15,17). The van der Waals surface area contributed by atoms with E-state index in [2.05, 4.69) is 5.32 Å². The highest BCUT2D eigenvalue weighted by atomic mass is 35.5. The van der Waals surface area contributed by atoms with Crippen molar-refractivity contribution in [3.63, 3.8) is 0 Å². The van der Waals surface area contributed by atoms with E-state index in [1.165, 1.54) is 0 Å². The third-order valence-electron chi connectivity index (χ3n) is 1.91. The number of hydrogen-bond acceptors (Lipinski definition) is 2. The zero-order valence-corrected chi connectivity index (χ0v) is 9.27. The summed E-state index contributed by atoms with van der Waals surface area (Å²) in [6.07, 6.45) is -4.70. The van der Waals surface area contributed by atoms with Gasteiger partial charge in [0.25, 0.3) is 0 Å². The highest BCUT2D eigenvalue weighted by molar-refractivity contribution is 6.33. The van der Waals surface area contributed by atoms with Gasteiger partial charge < -0.3 is 10.4 Å². The maximum Gasteiger partial charge on any atom is 0.416 e. The van der Waals surface area contributed by atoms with Crippen molar-refractivity contribution in [3.8, 4) is 0 Å². The quantitative estimate of drug-likeness (QED) is 0.885. The Morgan fingerprint density at radius 3 is 2.59 bits per heavy atom. The van der Waals surface area contributed by atoms with Crippen molar-refractivity contribution >= 4 is 23.2 Å². The lowest BCUT2D eigenvalue weighted by atomic mass is 10.2. The Morgan fingerprint density at radius 2 is 2.06 bits per heavy atom. The number of amides is 1. The molecule has 3 nitrogen and oxygen atoms in total. The molecular weight excluding hydrogens is 259 g/mol. The first-order valence-electron chi connectivity index (χ1n) is 4.62. The molecule has 0 heterocycles. The third kappa shape index (κ3) is 3.90. The molecule has 0 atom stereocenters. The molecule has 0 aromatic heterocycles. The van der Waals surface area contributed by atoms with Crippen LogP contribution in [-0.4, -0.2) is 17.6 Å². The Kier molecular flexibility index (Phi) is 4.36. The number of carbonyl (C=O) groups is 1. The van der Waals surface area contributed by atoms with E-state index in [-0.39, 0.29) is 23.7 Å². The molecule has 1 aromatic carbocycles. The van der Waals surface area contributed by atoms with Gasteiger partial charge in [0, 0.05) is 0 Å². The van der Waals surface area contributed by atoms with Gasteiger partial charge in [0.2, 0.25) is 5.91 Å². The summed E-state index contributed by atoms with van der Waals surface area (Å²) >= 11 is 5.65. The Morgan fingerprint density at radius 1 is 1.41 bits per heavy atom. The van der Waals surface area contributed by atoms with Crippen LogP contribution in [-0.2, 0) is 11.0 Å². The van der Waals surface area contributed by atoms with Crippen LogP contribution in [0, 0.1) is 0 Å². The molecule has 0 bridgehead atoms. The summed E-state index contributed by atoms with van der Waals surface area (Å²) in [5.74, 6) is -0.603. The van der Waals surface area contributed by atoms with Crippen LogP contribution in [0.25, 0.3) is 0 Å². The number of carbonyl (C=O) groups excluding carboxylic acids is 1. The number of nitrogens with one attached hydrogen (secondary N) is 1. The second-order valence-corrected chi connectivity index (χ2v) is 3.62. The average Bonchev–Trinajstić information content (AvgIpc) is 2.20. The van der Waals surface area contributed by atoms with Crippen LogP contribution in [0.2, 0.25) is 5.02 Å². The highest BCUT2D eigenvalue weighted by Crippen LogP contribution is 2.33. The second-order valence-electron chi connectivity index (χ2n) is 3.21. The summed E-state index contributed by atoms with van der Waals surface area (Å²) in [5, 5.41) is 10.7. The fraction of sp³-hybridized carbons (Fsp3) is 0.300. The number of hydrogen-bond donors (Lipinski definition) is 2. The van der Waals surface area contributed by atoms with Crippen molar-refractivity contribution in [2.45, 2.75) is 12.6 Å². The van der Waals surface area contributed by atoms with Crippen LogP contribution in [0.5, 0.6) is 0 Å². The number of aliphatic hydroxyl groups excluding tert-OH is 1. The molecule has 0 aliphatic heterocycles. The van der Waals surface area contributed by atoms with E-state index >= 15 is 0 Å². The summed E-state index contributed by atoms with van der Waals surface area (Å²) in [5.41, 5.74) is -1.03. The van der Waals surface area contributed by atoms with Crippen LogP contribution < -0.4 is 5.32 Å². The molecule has 17 heavy (non-hydrogen) atoms. The molecule has 0 aliphatic rings. The SMILES string of the molecule is O=C(CCO)Nc1cc(C(F)(F)F)ccc1Cl. The summed E-state index contributed by atoms with van der Waals surface area (Å²) in [6.45, 7) is -0.386. The molecule has 0 radical (unpaired) electrons. The van der Waals surface area contributed by atoms with Gasteiger partial charge in [0.1, 0.15) is 0 Å². The lowest BCUT2D eigenvalue weighted by molar-refractivity contribution is -0.137. The minimum absolute atomic E-state index is 0.00397. The zero-order valence-electron chi connectivity index (χ0n) is 8.51. The molecular formula is C10H9ClF3NO2. The molecule has 0 spiro atoms. The van der Waals surface area contributed by atoms with Crippen LogP contribution in [0.3, 0.4) is 0 Å². The molecule has 94 valence electrons. The zero-order chi connectivity index (χ0) is 13.1. The first-order valence-corrected chi connectivity index (χ1v) is 5.00. The summed E-state index contributed by atoms with van der Waals surface area (Å²) < 4.78 is 37.2. The monoisotopic (exact) mass is 267 g/mol. The minimum Gasteiger partial charge on any atom is -0.396 e. The van der Waals surface area contributed by atoms with Crippen LogP contribution in [0.4, 0.5) is 18.9 Å².